The van der Waals surface area contributed by atoms with Crippen LogP contribution in [0.25, 0.3) is 5.76 Å². The van der Waals surface area contributed by atoms with Crippen molar-refractivity contribution in [2.45, 2.75) is 26.8 Å². The van der Waals surface area contributed by atoms with Crippen LogP contribution in [0.15, 0.2) is 66.2 Å². The van der Waals surface area contributed by atoms with Gasteiger partial charge in [-0.1, -0.05) is 29.8 Å². The third-order valence-electron chi connectivity index (χ3n) is 6.13. The van der Waals surface area contributed by atoms with Crippen molar-refractivity contribution in [2.75, 3.05) is 18.6 Å². The number of methoxy groups -OCH3 is 1. The fraction of sp³-hybridized carbons (Fsp3) is 0.214. The molecule has 1 fully saturated rings. The minimum atomic E-state index is -0.890. The van der Waals surface area contributed by atoms with E-state index < -0.39 is 17.7 Å². The van der Waals surface area contributed by atoms with Gasteiger partial charge in [0.05, 0.1) is 30.4 Å². The smallest absolute Gasteiger partial charge is 0.300 e. The topological polar surface area (TPSA) is 76.1 Å². The van der Waals surface area contributed by atoms with Crippen LogP contribution in [0.5, 0.6) is 11.5 Å². The maximum absolute atomic E-state index is 13.4. The molecule has 3 aromatic rings. The average molecular weight is 492 g/mol. The molecule has 4 rings (SSSR count). The van der Waals surface area contributed by atoms with E-state index in [9.17, 15) is 14.7 Å². The van der Waals surface area contributed by atoms with Crippen molar-refractivity contribution in [1.29, 1.82) is 0 Å². The van der Waals surface area contributed by atoms with Gasteiger partial charge in [0.1, 0.15) is 17.3 Å². The molecule has 180 valence electrons. The summed E-state index contributed by atoms with van der Waals surface area (Å²) in [6, 6.07) is 16.6. The van der Waals surface area contributed by atoms with Gasteiger partial charge >= 0.3 is 0 Å². The maximum atomic E-state index is 13.4. The maximum Gasteiger partial charge on any atom is 0.300 e. The number of nitrogens with zero attached hydrogens (tertiary/aromatic N) is 1. The van der Waals surface area contributed by atoms with Gasteiger partial charge in [0.2, 0.25) is 0 Å². The van der Waals surface area contributed by atoms with Gasteiger partial charge in [0, 0.05) is 11.3 Å². The Morgan fingerprint density at radius 2 is 1.77 bits per heavy atom. The first-order valence-electron chi connectivity index (χ1n) is 11.2. The van der Waals surface area contributed by atoms with Crippen LogP contribution in [0.4, 0.5) is 5.69 Å². The number of ketones is 1. The average Bonchev–Trinajstić information content (AvgIpc) is 3.12. The Morgan fingerprint density at radius 1 is 1.00 bits per heavy atom. The summed E-state index contributed by atoms with van der Waals surface area (Å²) in [5.41, 5.74) is 3.35. The SMILES string of the molecule is CCOc1ccc(Cl)c(/C(O)=C2\C(=O)C(=O)N(c3ccc(C)c(C)c3)C2c2cccc(OC)c2)c1. The Labute approximate surface area is 209 Å². The van der Waals surface area contributed by atoms with Gasteiger partial charge in [0.25, 0.3) is 11.7 Å². The van der Waals surface area contributed by atoms with Crippen LogP contribution in [0.3, 0.4) is 0 Å². The van der Waals surface area contributed by atoms with E-state index in [1.165, 1.54) is 4.90 Å². The van der Waals surface area contributed by atoms with Crippen molar-refractivity contribution in [3.05, 3.63) is 93.5 Å². The normalized spacial score (nSPS) is 17.1. The number of aryl methyl sites for hydroxylation is 2. The van der Waals surface area contributed by atoms with Crippen LogP contribution >= 0.6 is 11.6 Å². The summed E-state index contributed by atoms with van der Waals surface area (Å²) in [6.45, 7) is 6.17. The number of carbonyl (C=O) groups is 2. The number of hydrogen-bond donors (Lipinski definition) is 1. The number of hydrogen-bond acceptors (Lipinski definition) is 5. The second-order valence-corrected chi connectivity index (χ2v) is 8.70. The summed E-state index contributed by atoms with van der Waals surface area (Å²) < 4.78 is 10.9. The molecule has 1 heterocycles. The predicted octanol–water partition coefficient (Wildman–Crippen LogP) is 5.99. The number of carbonyl (C=O) groups excluding carboxylic acids is 2. The van der Waals surface area contributed by atoms with Crippen molar-refractivity contribution in [2.24, 2.45) is 0 Å². The molecule has 1 aliphatic heterocycles. The third-order valence-corrected chi connectivity index (χ3v) is 6.46. The van der Waals surface area contributed by atoms with Gasteiger partial charge in [-0.3, -0.25) is 14.5 Å². The van der Waals surface area contributed by atoms with Gasteiger partial charge in [-0.2, -0.15) is 0 Å². The molecule has 0 radical (unpaired) electrons. The number of rotatable bonds is 6. The van der Waals surface area contributed by atoms with Crippen LogP contribution in [0.1, 0.15) is 35.2 Å². The van der Waals surface area contributed by atoms with Crippen LogP contribution in [-0.4, -0.2) is 30.5 Å². The molecular weight excluding hydrogens is 466 g/mol. The first-order valence-corrected chi connectivity index (χ1v) is 11.6. The van der Waals surface area contributed by atoms with E-state index in [4.69, 9.17) is 21.1 Å². The lowest BCUT2D eigenvalue weighted by Gasteiger charge is -2.26. The molecule has 1 aliphatic rings. The highest BCUT2D eigenvalue weighted by Crippen LogP contribution is 2.44. The lowest BCUT2D eigenvalue weighted by Crippen LogP contribution is -2.29. The zero-order valence-electron chi connectivity index (χ0n) is 20.0. The van der Waals surface area contributed by atoms with Crippen LogP contribution in [0.2, 0.25) is 5.02 Å². The number of halogens is 1. The van der Waals surface area contributed by atoms with E-state index >= 15 is 0 Å². The lowest BCUT2D eigenvalue weighted by molar-refractivity contribution is -0.132. The van der Waals surface area contributed by atoms with Crippen molar-refractivity contribution >= 4 is 34.7 Å². The zero-order chi connectivity index (χ0) is 25.3. The fourth-order valence-corrected chi connectivity index (χ4v) is 4.40. The molecule has 1 amide bonds. The molecular formula is C28H26ClNO5. The fourth-order valence-electron chi connectivity index (χ4n) is 4.19. The van der Waals surface area contributed by atoms with Gasteiger partial charge in [-0.15, -0.1) is 0 Å². The molecule has 6 nitrogen and oxygen atoms in total. The molecule has 0 aromatic heterocycles. The molecule has 1 N–H and O–H groups in total. The lowest BCUT2D eigenvalue weighted by atomic mass is 9.94. The van der Waals surface area contributed by atoms with Gasteiger partial charge in [-0.25, -0.2) is 0 Å². The zero-order valence-corrected chi connectivity index (χ0v) is 20.7. The molecule has 0 saturated carbocycles. The monoisotopic (exact) mass is 491 g/mol. The number of ether oxygens (including phenoxy) is 2. The minimum absolute atomic E-state index is 0.0583. The standard InChI is InChI=1S/C28H26ClNO5/c1-5-35-21-11-12-23(29)22(15-21)26(31)24-25(18-7-6-8-20(14-18)34-4)30(28(33)27(24)32)19-10-9-16(2)17(3)13-19/h6-15,25,31H,5H2,1-4H3/b26-24+. The number of amides is 1. The minimum Gasteiger partial charge on any atom is -0.507 e. The highest BCUT2D eigenvalue weighted by molar-refractivity contribution is 6.52. The van der Waals surface area contributed by atoms with E-state index in [1.807, 2.05) is 32.9 Å². The van der Waals surface area contributed by atoms with Gasteiger partial charge in [0.15, 0.2) is 0 Å². The molecule has 35 heavy (non-hydrogen) atoms. The first kappa shape index (κ1) is 24.4. The molecule has 0 bridgehead atoms. The Kier molecular flexibility index (Phi) is 6.85. The first-order chi connectivity index (χ1) is 16.8. The number of benzene rings is 3. The number of aliphatic hydroxyl groups excluding tert-OH is 1. The second kappa shape index (κ2) is 9.84. The molecule has 1 unspecified atom stereocenters. The Morgan fingerprint density at radius 3 is 2.46 bits per heavy atom. The Bertz CT molecular complexity index is 1350. The highest BCUT2D eigenvalue weighted by Gasteiger charge is 2.47. The van der Waals surface area contributed by atoms with Gasteiger partial charge in [-0.05, 0) is 79.9 Å². The van der Waals surface area contributed by atoms with Gasteiger partial charge < -0.3 is 14.6 Å². The number of anilines is 1. The summed E-state index contributed by atoms with van der Waals surface area (Å²) >= 11 is 6.41. The molecule has 0 spiro atoms. The predicted molar refractivity (Wildman–Crippen MR) is 136 cm³/mol. The van der Waals surface area contributed by atoms with E-state index in [1.54, 1.807) is 55.6 Å². The van der Waals surface area contributed by atoms with E-state index in [-0.39, 0.29) is 21.9 Å². The summed E-state index contributed by atoms with van der Waals surface area (Å²) in [5, 5.41) is 11.6. The molecule has 1 saturated heterocycles. The van der Waals surface area contributed by atoms with Crippen molar-refractivity contribution in [3.63, 3.8) is 0 Å². The summed E-state index contributed by atoms with van der Waals surface area (Å²) in [6.07, 6.45) is 0. The number of Topliss-reactive ketones (excluding diaryl/α,β-unsaturated/α-hetero) is 1. The molecule has 1 atom stereocenters. The third kappa shape index (κ3) is 4.49. The Hall–Kier alpha value is -3.77. The van der Waals surface area contributed by atoms with Crippen LogP contribution in [-0.2, 0) is 9.59 Å². The van der Waals surface area contributed by atoms with E-state index in [2.05, 4.69) is 0 Å². The summed E-state index contributed by atoms with van der Waals surface area (Å²) in [7, 11) is 1.54. The molecule has 3 aromatic carbocycles. The quantitative estimate of drug-likeness (QED) is 0.260. The number of aliphatic hydroxyl groups is 1. The van der Waals surface area contributed by atoms with E-state index in [0.29, 0.717) is 29.4 Å². The van der Waals surface area contributed by atoms with Crippen molar-refractivity contribution in [1.82, 2.24) is 0 Å². The Balaban J connectivity index is 1.98. The van der Waals surface area contributed by atoms with Crippen LogP contribution in [0, 0.1) is 13.8 Å². The largest absolute Gasteiger partial charge is 0.507 e. The summed E-state index contributed by atoms with van der Waals surface area (Å²) in [5.74, 6) is -0.857. The molecule has 0 aliphatic carbocycles. The van der Waals surface area contributed by atoms with Crippen LogP contribution < -0.4 is 14.4 Å². The van der Waals surface area contributed by atoms with Crippen molar-refractivity contribution < 1.29 is 24.2 Å². The second-order valence-electron chi connectivity index (χ2n) is 8.29. The van der Waals surface area contributed by atoms with E-state index in [0.717, 1.165) is 11.1 Å². The highest BCUT2D eigenvalue weighted by atomic mass is 35.5. The molecule has 7 heteroatoms. The summed E-state index contributed by atoms with van der Waals surface area (Å²) in [4.78, 5) is 28.2. The van der Waals surface area contributed by atoms with Crippen molar-refractivity contribution in [3.8, 4) is 11.5 Å².